The first kappa shape index (κ1) is 9.65. The second-order valence-corrected chi connectivity index (χ2v) is 3.65. The predicted molar refractivity (Wildman–Crippen MR) is 65.0 cm³/mol. The largest absolute Gasteiger partial charge is 0.464 e. The van der Waals surface area contributed by atoms with E-state index < -0.39 is 11.2 Å². The van der Waals surface area contributed by atoms with Crippen molar-refractivity contribution in [2.75, 3.05) is 0 Å². The van der Waals surface area contributed by atoms with E-state index in [-0.39, 0.29) is 1.43 Å². The van der Waals surface area contributed by atoms with Gasteiger partial charge in [-0.3, -0.25) is 9.78 Å². The summed E-state index contributed by atoms with van der Waals surface area (Å²) in [5.74, 6) is 0.678. The Kier molecular flexibility index (Phi) is 1.98. The van der Waals surface area contributed by atoms with Crippen molar-refractivity contribution in [3.05, 3.63) is 57.4 Å². The smallest absolute Gasteiger partial charge is 0.326 e. The highest BCUT2D eigenvalue weighted by atomic mass is 16.3. The van der Waals surface area contributed by atoms with E-state index in [2.05, 4.69) is 9.97 Å². The highest BCUT2D eigenvalue weighted by Crippen LogP contribution is 2.21. The first-order valence-corrected chi connectivity index (χ1v) is 5.04. The lowest BCUT2D eigenvalue weighted by Crippen LogP contribution is -2.21. The number of hydrogen-bond acceptors (Lipinski definition) is 3. The second kappa shape index (κ2) is 3.48. The molecule has 0 saturated carbocycles. The molecule has 0 amide bonds. The molecule has 0 aliphatic rings. The predicted octanol–water partition coefficient (Wildman–Crippen LogP) is 1.72. The fourth-order valence-corrected chi connectivity index (χ4v) is 1.76. The Balaban J connectivity index is 0.00000120. The number of fused-ring (bicyclic) bond motifs is 1. The van der Waals surface area contributed by atoms with E-state index in [1.54, 1.807) is 36.6 Å². The van der Waals surface area contributed by atoms with Crippen LogP contribution in [0.2, 0.25) is 0 Å². The van der Waals surface area contributed by atoms with Gasteiger partial charge in [-0.15, -0.1) is 0 Å². The summed E-state index contributed by atoms with van der Waals surface area (Å²) in [6.45, 7) is 0. The second-order valence-electron chi connectivity index (χ2n) is 3.65. The molecule has 0 aliphatic heterocycles. The van der Waals surface area contributed by atoms with Crippen molar-refractivity contribution >= 4 is 10.9 Å². The molecule has 5 nitrogen and oxygen atoms in total. The van der Waals surface area contributed by atoms with E-state index in [0.29, 0.717) is 16.7 Å². The van der Waals surface area contributed by atoms with Crippen LogP contribution in [0.4, 0.5) is 0 Å². The van der Waals surface area contributed by atoms with E-state index >= 15 is 0 Å². The molecule has 86 valence electrons. The van der Waals surface area contributed by atoms with Crippen LogP contribution in [0.1, 0.15) is 1.43 Å². The molecule has 2 aromatic heterocycles. The Morgan fingerprint density at radius 2 is 2.00 bits per heavy atom. The van der Waals surface area contributed by atoms with Gasteiger partial charge in [-0.2, -0.15) is 0 Å². The molecule has 0 spiro atoms. The van der Waals surface area contributed by atoms with E-state index in [4.69, 9.17) is 4.42 Å². The van der Waals surface area contributed by atoms with Gasteiger partial charge in [0.05, 0.1) is 17.2 Å². The average molecular weight is 230 g/mol. The Bertz CT molecular complexity index is 787. The Morgan fingerprint density at radius 3 is 2.76 bits per heavy atom. The Hall–Kier alpha value is -2.56. The molecule has 1 aromatic carbocycles. The molecule has 17 heavy (non-hydrogen) atoms. The molecule has 0 saturated heterocycles. The first-order valence-electron chi connectivity index (χ1n) is 5.04. The number of hydrogen-bond donors (Lipinski definition) is 2. The maximum atomic E-state index is 11.6. The van der Waals surface area contributed by atoms with Gasteiger partial charge in [-0.05, 0) is 30.3 Å². The molecular weight excluding hydrogens is 220 g/mol. The first-order chi connectivity index (χ1) is 8.24. The van der Waals surface area contributed by atoms with Crippen molar-refractivity contribution in [2.45, 2.75) is 0 Å². The number of rotatable bonds is 1. The molecule has 3 rings (SSSR count). The highest BCUT2D eigenvalue weighted by Gasteiger charge is 2.05. The van der Waals surface area contributed by atoms with E-state index in [9.17, 15) is 9.59 Å². The monoisotopic (exact) mass is 230 g/mol. The molecule has 5 heteroatoms. The van der Waals surface area contributed by atoms with Gasteiger partial charge in [0.15, 0.2) is 0 Å². The summed E-state index contributed by atoms with van der Waals surface area (Å²) in [6.07, 6.45) is 1.57. The minimum atomic E-state index is -0.506. The molecular formula is C12H10N2O3. The van der Waals surface area contributed by atoms with Crippen LogP contribution in [0.15, 0.2) is 50.6 Å². The third-order valence-corrected chi connectivity index (χ3v) is 2.55. The van der Waals surface area contributed by atoms with Gasteiger partial charge >= 0.3 is 5.69 Å². The zero-order chi connectivity index (χ0) is 11.8. The standard InChI is InChI=1S/C12H8N2O3.H2/c15-11-8-6-7(10-2-1-5-17-10)3-4-9(8)13-12(16)14-11;/h1-6H,(H2,13,14,15,16);1H. The van der Waals surface area contributed by atoms with Crippen molar-refractivity contribution in [2.24, 2.45) is 0 Å². The van der Waals surface area contributed by atoms with Crippen LogP contribution in [0.5, 0.6) is 0 Å². The summed E-state index contributed by atoms with van der Waals surface area (Å²) in [5, 5.41) is 0.429. The molecule has 0 bridgehead atoms. The van der Waals surface area contributed by atoms with Crippen LogP contribution in [0, 0.1) is 0 Å². The molecule has 2 heterocycles. The minimum Gasteiger partial charge on any atom is -0.464 e. The summed E-state index contributed by atoms with van der Waals surface area (Å²) in [7, 11) is 0. The maximum Gasteiger partial charge on any atom is 0.326 e. The SMILES string of the molecule is O=c1[nH]c(=O)c2cc(-c3ccco3)ccc2[nH]1.[HH]. The van der Waals surface area contributed by atoms with Crippen LogP contribution in [-0.2, 0) is 0 Å². The quantitative estimate of drug-likeness (QED) is 0.668. The summed E-state index contributed by atoms with van der Waals surface area (Å²) in [5.41, 5.74) is 0.388. The lowest BCUT2D eigenvalue weighted by molar-refractivity contribution is 0.582. The molecule has 0 aliphatic carbocycles. The zero-order valence-corrected chi connectivity index (χ0v) is 8.69. The van der Waals surface area contributed by atoms with Crippen LogP contribution in [0.3, 0.4) is 0 Å². The van der Waals surface area contributed by atoms with E-state index in [0.717, 1.165) is 5.56 Å². The number of aromatic nitrogens is 2. The molecule has 0 atom stereocenters. The number of nitrogens with one attached hydrogen (secondary N) is 2. The van der Waals surface area contributed by atoms with Gasteiger partial charge < -0.3 is 9.40 Å². The van der Waals surface area contributed by atoms with E-state index in [1.165, 1.54) is 0 Å². The van der Waals surface area contributed by atoms with Crippen molar-refractivity contribution < 1.29 is 5.84 Å². The molecule has 0 fully saturated rings. The summed E-state index contributed by atoms with van der Waals surface area (Å²) in [6, 6.07) is 8.74. The Labute approximate surface area is 96.2 Å². The van der Waals surface area contributed by atoms with Crippen molar-refractivity contribution in [1.29, 1.82) is 0 Å². The van der Waals surface area contributed by atoms with Crippen LogP contribution in [0.25, 0.3) is 22.2 Å². The van der Waals surface area contributed by atoms with Gasteiger partial charge in [-0.25, -0.2) is 4.79 Å². The lowest BCUT2D eigenvalue weighted by Gasteiger charge is -1.99. The van der Waals surface area contributed by atoms with Gasteiger partial charge in [0, 0.05) is 6.99 Å². The number of aromatic amines is 2. The highest BCUT2D eigenvalue weighted by molar-refractivity contribution is 5.82. The summed E-state index contributed by atoms with van der Waals surface area (Å²) >= 11 is 0. The zero-order valence-electron chi connectivity index (χ0n) is 8.69. The third-order valence-electron chi connectivity index (χ3n) is 2.55. The third kappa shape index (κ3) is 1.57. The number of furan rings is 1. The van der Waals surface area contributed by atoms with Crippen LogP contribution in [-0.4, -0.2) is 9.97 Å². The molecule has 3 aromatic rings. The molecule has 0 radical (unpaired) electrons. The number of H-pyrrole nitrogens is 2. The fraction of sp³-hybridized carbons (Fsp3) is 0. The van der Waals surface area contributed by atoms with Crippen molar-refractivity contribution in [3.63, 3.8) is 0 Å². The molecule has 0 unspecified atom stereocenters. The normalized spacial score (nSPS) is 10.8. The van der Waals surface area contributed by atoms with Gasteiger partial charge in [0.25, 0.3) is 5.56 Å². The fourth-order valence-electron chi connectivity index (χ4n) is 1.76. The summed E-state index contributed by atoms with van der Waals surface area (Å²) in [4.78, 5) is 27.5. The van der Waals surface area contributed by atoms with Gasteiger partial charge in [0.2, 0.25) is 0 Å². The van der Waals surface area contributed by atoms with E-state index in [1.807, 2.05) is 0 Å². The lowest BCUT2D eigenvalue weighted by atomic mass is 10.1. The molecule has 2 N–H and O–H groups in total. The van der Waals surface area contributed by atoms with Crippen molar-refractivity contribution in [3.8, 4) is 11.3 Å². The van der Waals surface area contributed by atoms with Crippen LogP contribution >= 0.6 is 0 Å². The maximum absolute atomic E-state index is 11.6. The summed E-state index contributed by atoms with van der Waals surface area (Å²) < 4.78 is 5.25. The minimum absolute atomic E-state index is 0. The van der Waals surface area contributed by atoms with Gasteiger partial charge in [-0.1, -0.05) is 0 Å². The van der Waals surface area contributed by atoms with Crippen molar-refractivity contribution in [1.82, 2.24) is 9.97 Å². The average Bonchev–Trinajstić information content (AvgIpc) is 2.82. The van der Waals surface area contributed by atoms with Gasteiger partial charge in [0.1, 0.15) is 5.76 Å². The Morgan fingerprint density at radius 1 is 1.12 bits per heavy atom. The van der Waals surface area contributed by atoms with Crippen LogP contribution < -0.4 is 11.2 Å². The number of benzene rings is 1. The topological polar surface area (TPSA) is 78.9 Å².